The molecule has 126 valence electrons. The normalized spacial score (nSPS) is 19.8. The maximum Gasteiger partial charge on any atom is 0.494 e. The van der Waals surface area contributed by atoms with E-state index < -0.39 is 11.4 Å². The van der Waals surface area contributed by atoms with Crippen LogP contribution in [0.5, 0.6) is 0 Å². The fraction of sp³-hybridized carbons (Fsp3) is 0.611. The number of hydrogen-bond acceptors (Lipinski definition) is 3. The van der Waals surface area contributed by atoms with Gasteiger partial charge in [0.1, 0.15) is 0 Å². The first kappa shape index (κ1) is 18.0. The Labute approximate surface area is 139 Å². The Kier molecular flexibility index (Phi) is 4.66. The van der Waals surface area contributed by atoms with Crippen molar-refractivity contribution in [2.45, 2.75) is 65.6 Å². The van der Waals surface area contributed by atoms with Crippen LogP contribution in [-0.2, 0) is 20.5 Å². The summed E-state index contributed by atoms with van der Waals surface area (Å²) >= 11 is 0. The van der Waals surface area contributed by atoms with Gasteiger partial charge in [0.05, 0.1) is 16.6 Å². The molecule has 1 aromatic rings. The molecule has 0 spiro atoms. The van der Waals surface area contributed by atoms with Crippen LogP contribution in [0.2, 0.25) is 0 Å². The first-order valence-corrected chi connectivity index (χ1v) is 8.12. The predicted molar refractivity (Wildman–Crippen MR) is 91.9 cm³/mol. The monoisotopic (exact) mass is 318 g/mol. The molecule has 2 rings (SSSR count). The van der Waals surface area contributed by atoms with Crippen LogP contribution in [-0.4, -0.2) is 29.4 Å². The fourth-order valence-corrected chi connectivity index (χ4v) is 2.38. The summed E-state index contributed by atoms with van der Waals surface area (Å²) in [5, 5.41) is 9.17. The van der Waals surface area contributed by atoms with Crippen molar-refractivity contribution >= 4 is 18.6 Å². The summed E-state index contributed by atoms with van der Waals surface area (Å²) in [4.78, 5) is 11.2. The molecule has 0 aliphatic carbocycles. The summed E-state index contributed by atoms with van der Waals surface area (Å²) in [7, 11) is -0.357. The average molecular weight is 318 g/mol. The summed E-state index contributed by atoms with van der Waals surface area (Å²) in [6.45, 7) is 11.7. The molecule has 0 saturated carbocycles. The van der Waals surface area contributed by atoms with Crippen LogP contribution in [0.4, 0.5) is 0 Å². The molecule has 4 nitrogen and oxygen atoms in total. The Morgan fingerprint density at radius 3 is 2.00 bits per heavy atom. The first-order valence-electron chi connectivity index (χ1n) is 8.12. The lowest BCUT2D eigenvalue weighted by molar-refractivity contribution is -0.147. The van der Waals surface area contributed by atoms with E-state index in [9.17, 15) is 9.90 Å². The highest BCUT2D eigenvalue weighted by atomic mass is 16.7. The first-order chi connectivity index (χ1) is 10.4. The number of hydrogen-bond donors (Lipinski definition) is 1. The predicted octanol–water partition coefficient (Wildman–Crippen LogP) is 3.03. The zero-order valence-corrected chi connectivity index (χ0v) is 15.0. The van der Waals surface area contributed by atoms with Crippen LogP contribution in [0.1, 0.15) is 53.5 Å². The highest BCUT2D eigenvalue weighted by molar-refractivity contribution is 6.62. The second-order valence-corrected chi connectivity index (χ2v) is 8.02. The quantitative estimate of drug-likeness (QED) is 0.848. The van der Waals surface area contributed by atoms with Crippen molar-refractivity contribution in [3.05, 3.63) is 29.8 Å². The van der Waals surface area contributed by atoms with Gasteiger partial charge in [-0.05, 0) is 65.4 Å². The zero-order valence-electron chi connectivity index (χ0n) is 15.0. The minimum absolute atomic E-state index is 0.345. The molecule has 1 aliphatic heterocycles. The molecule has 0 amide bonds. The molecule has 1 N–H and O–H groups in total. The average Bonchev–Trinajstić information content (AvgIpc) is 2.66. The van der Waals surface area contributed by atoms with Crippen molar-refractivity contribution in [1.82, 2.24) is 0 Å². The fourth-order valence-electron chi connectivity index (χ4n) is 2.38. The summed E-state index contributed by atoms with van der Waals surface area (Å²) < 4.78 is 12.1. The van der Waals surface area contributed by atoms with Crippen LogP contribution in [0.25, 0.3) is 0 Å². The summed E-state index contributed by atoms with van der Waals surface area (Å²) in [5.41, 5.74) is 0.721. The van der Waals surface area contributed by atoms with Gasteiger partial charge in [-0.15, -0.1) is 0 Å². The van der Waals surface area contributed by atoms with E-state index in [2.05, 4.69) is 0 Å². The van der Waals surface area contributed by atoms with E-state index in [1.165, 1.54) is 0 Å². The number of carbonyl (C=O) groups is 1. The van der Waals surface area contributed by atoms with E-state index in [4.69, 9.17) is 9.31 Å². The second kappa shape index (κ2) is 5.95. The van der Waals surface area contributed by atoms with Crippen molar-refractivity contribution in [1.29, 1.82) is 0 Å². The number of aryl methyl sites for hydroxylation is 1. The Hall–Kier alpha value is -1.33. The summed E-state index contributed by atoms with van der Waals surface area (Å²) in [6.07, 6.45) is 1.35. The van der Waals surface area contributed by atoms with Gasteiger partial charge in [-0.3, -0.25) is 4.79 Å². The van der Waals surface area contributed by atoms with Gasteiger partial charge in [0, 0.05) is 0 Å². The van der Waals surface area contributed by atoms with Crippen LogP contribution in [0.3, 0.4) is 0 Å². The molecule has 1 aliphatic rings. The molecule has 1 fully saturated rings. The maximum absolute atomic E-state index is 11.2. The summed E-state index contributed by atoms with van der Waals surface area (Å²) in [6, 6.07) is 8.06. The van der Waals surface area contributed by atoms with E-state index >= 15 is 0 Å². The third-order valence-corrected chi connectivity index (χ3v) is 5.12. The largest absolute Gasteiger partial charge is 0.494 e. The van der Waals surface area contributed by atoms with Crippen molar-refractivity contribution in [3.63, 3.8) is 0 Å². The van der Waals surface area contributed by atoms with Crippen LogP contribution in [0.15, 0.2) is 24.3 Å². The van der Waals surface area contributed by atoms with Gasteiger partial charge in [0.2, 0.25) is 0 Å². The third-order valence-electron chi connectivity index (χ3n) is 5.12. The third kappa shape index (κ3) is 3.78. The summed E-state index contributed by atoms with van der Waals surface area (Å²) in [5.74, 6) is -0.758. The van der Waals surface area contributed by atoms with Gasteiger partial charge in [-0.2, -0.15) is 0 Å². The van der Waals surface area contributed by atoms with Crippen molar-refractivity contribution < 1.29 is 19.2 Å². The molecule has 0 bridgehead atoms. The highest BCUT2D eigenvalue weighted by Crippen LogP contribution is 2.36. The standard InChI is InChI=1S/C18H27BO4/c1-16(2,15(20)21)12-11-13-7-9-14(10-8-13)19-22-17(3,4)18(5,6)23-19/h7-10H,11-12H2,1-6H3,(H,20,21). The van der Waals surface area contributed by atoms with Crippen LogP contribution < -0.4 is 5.46 Å². The SMILES string of the molecule is CC(C)(CCc1ccc(B2OC(C)(C)C(C)(C)O2)cc1)C(=O)O. The smallest absolute Gasteiger partial charge is 0.481 e. The Morgan fingerprint density at radius 2 is 1.57 bits per heavy atom. The van der Waals surface area contributed by atoms with Gasteiger partial charge < -0.3 is 14.4 Å². The molecule has 0 unspecified atom stereocenters. The number of benzene rings is 1. The van der Waals surface area contributed by atoms with Crippen molar-refractivity contribution in [3.8, 4) is 0 Å². The minimum Gasteiger partial charge on any atom is -0.481 e. The number of carboxylic acids is 1. The van der Waals surface area contributed by atoms with Crippen LogP contribution >= 0.6 is 0 Å². The maximum atomic E-state index is 11.2. The molecule has 23 heavy (non-hydrogen) atoms. The number of rotatable bonds is 5. The zero-order chi connectivity index (χ0) is 17.5. The van der Waals surface area contributed by atoms with Crippen LogP contribution in [0, 0.1) is 5.41 Å². The Balaban J connectivity index is 2.02. The van der Waals surface area contributed by atoms with Gasteiger partial charge in [-0.1, -0.05) is 24.3 Å². The van der Waals surface area contributed by atoms with Gasteiger partial charge in [-0.25, -0.2) is 0 Å². The van der Waals surface area contributed by atoms with Gasteiger partial charge in [0.15, 0.2) is 0 Å². The molecule has 5 heteroatoms. The van der Waals surface area contributed by atoms with E-state index in [1.807, 2.05) is 52.0 Å². The lowest BCUT2D eigenvalue weighted by Crippen LogP contribution is -2.41. The van der Waals surface area contributed by atoms with Gasteiger partial charge in [0.25, 0.3) is 0 Å². The molecule has 0 radical (unpaired) electrons. The van der Waals surface area contributed by atoms with E-state index in [-0.39, 0.29) is 18.3 Å². The highest BCUT2D eigenvalue weighted by Gasteiger charge is 2.51. The lowest BCUT2D eigenvalue weighted by Gasteiger charge is -2.32. The van der Waals surface area contributed by atoms with E-state index in [0.717, 1.165) is 17.4 Å². The van der Waals surface area contributed by atoms with E-state index in [1.54, 1.807) is 13.8 Å². The Bertz CT molecular complexity index is 559. The number of aliphatic carboxylic acids is 1. The molecular weight excluding hydrogens is 291 g/mol. The molecule has 0 aromatic heterocycles. The molecule has 1 saturated heterocycles. The van der Waals surface area contributed by atoms with Gasteiger partial charge >= 0.3 is 13.1 Å². The molecule has 0 atom stereocenters. The van der Waals surface area contributed by atoms with E-state index in [0.29, 0.717) is 6.42 Å². The molecule has 1 heterocycles. The Morgan fingerprint density at radius 1 is 1.09 bits per heavy atom. The van der Waals surface area contributed by atoms with Crippen molar-refractivity contribution in [2.24, 2.45) is 5.41 Å². The van der Waals surface area contributed by atoms with Crippen molar-refractivity contribution in [2.75, 3.05) is 0 Å². The molecule has 1 aromatic carbocycles. The number of carboxylic acid groups (broad SMARTS) is 1. The molecular formula is C18H27BO4. The minimum atomic E-state index is -0.758. The second-order valence-electron chi connectivity index (χ2n) is 8.02. The lowest BCUT2D eigenvalue weighted by atomic mass is 9.78. The topological polar surface area (TPSA) is 55.8 Å².